The number of anilines is 1. The van der Waals surface area contributed by atoms with Gasteiger partial charge in [-0.05, 0) is 37.5 Å². The summed E-state index contributed by atoms with van der Waals surface area (Å²) >= 11 is 6.17. The molecule has 0 radical (unpaired) electrons. The van der Waals surface area contributed by atoms with Crippen molar-refractivity contribution in [2.75, 3.05) is 5.32 Å². The van der Waals surface area contributed by atoms with Gasteiger partial charge in [0, 0.05) is 30.3 Å². The summed E-state index contributed by atoms with van der Waals surface area (Å²) in [5.74, 6) is -0.0607. The smallest absolute Gasteiger partial charge is 0.269 e. The van der Waals surface area contributed by atoms with Crippen molar-refractivity contribution in [2.45, 2.75) is 26.7 Å². The first kappa shape index (κ1) is 18.5. The van der Waals surface area contributed by atoms with Gasteiger partial charge in [-0.1, -0.05) is 23.8 Å². The molecular formula is C17H17ClN4O3. The minimum atomic E-state index is -0.428. The fraction of sp³-hybridized carbons (Fsp3) is 0.235. The maximum atomic E-state index is 11.0. The summed E-state index contributed by atoms with van der Waals surface area (Å²) in [7, 11) is 0. The zero-order valence-electron chi connectivity index (χ0n) is 13.8. The maximum absolute atomic E-state index is 11.0. The Kier molecular flexibility index (Phi) is 6.19. The first-order valence-corrected chi connectivity index (χ1v) is 7.96. The van der Waals surface area contributed by atoms with Crippen molar-refractivity contribution in [1.29, 1.82) is 0 Å². The molecule has 0 aliphatic rings. The van der Waals surface area contributed by atoms with Crippen LogP contribution in [0.4, 0.5) is 11.6 Å². The molecule has 1 aromatic heterocycles. The lowest BCUT2D eigenvalue weighted by atomic mass is 10.1. The number of carbonyl (C=O) groups excluding carboxylic acids is 1. The zero-order valence-corrected chi connectivity index (χ0v) is 14.6. The number of rotatable bonds is 6. The Morgan fingerprint density at radius 2 is 2.00 bits per heavy atom. The molecule has 0 bridgehead atoms. The van der Waals surface area contributed by atoms with Gasteiger partial charge >= 0.3 is 0 Å². The van der Waals surface area contributed by atoms with Crippen molar-refractivity contribution in [3.8, 4) is 0 Å². The Balaban J connectivity index is 1.99. The SMILES string of the molecule is CC(=O)Nc1nc(C)c(CC/C=C/c2ccc([N+](=O)[O-])cc2)c(Cl)n1. The van der Waals surface area contributed by atoms with Crippen LogP contribution in [-0.2, 0) is 11.2 Å². The second kappa shape index (κ2) is 8.34. The molecular weight excluding hydrogens is 344 g/mol. The van der Waals surface area contributed by atoms with Gasteiger partial charge in [0.25, 0.3) is 5.69 Å². The third-order valence-electron chi connectivity index (χ3n) is 3.43. The number of nitrogens with zero attached hydrogens (tertiary/aromatic N) is 3. The molecule has 1 amide bonds. The molecule has 0 saturated heterocycles. The number of nitrogens with one attached hydrogen (secondary N) is 1. The molecule has 130 valence electrons. The molecule has 1 heterocycles. The maximum Gasteiger partial charge on any atom is 0.269 e. The number of halogens is 1. The first-order valence-electron chi connectivity index (χ1n) is 7.58. The number of hydrogen-bond donors (Lipinski definition) is 1. The van der Waals surface area contributed by atoms with E-state index in [1.54, 1.807) is 12.1 Å². The van der Waals surface area contributed by atoms with Crippen LogP contribution in [0.5, 0.6) is 0 Å². The molecule has 1 N–H and O–H groups in total. The van der Waals surface area contributed by atoms with Crippen LogP contribution in [0.25, 0.3) is 6.08 Å². The van der Waals surface area contributed by atoms with Crippen molar-refractivity contribution in [1.82, 2.24) is 9.97 Å². The number of carbonyl (C=O) groups is 1. The number of aromatic nitrogens is 2. The molecule has 0 fully saturated rings. The predicted molar refractivity (Wildman–Crippen MR) is 96.5 cm³/mol. The summed E-state index contributed by atoms with van der Waals surface area (Å²) in [5.41, 5.74) is 2.48. The van der Waals surface area contributed by atoms with E-state index in [-0.39, 0.29) is 17.5 Å². The Morgan fingerprint density at radius 1 is 1.32 bits per heavy atom. The van der Waals surface area contributed by atoms with Crippen LogP contribution in [0, 0.1) is 17.0 Å². The van der Waals surface area contributed by atoms with Crippen LogP contribution in [0.2, 0.25) is 5.15 Å². The fourth-order valence-electron chi connectivity index (χ4n) is 2.21. The molecule has 2 aromatic rings. The molecule has 0 saturated carbocycles. The highest BCUT2D eigenvalue weighted by molar-refractivity contribution is 6.30. The molecule has 7 nitrogen and oxygen atoms in total. The van der Waals surface area contributed by atoms with Crippen LogP contribution >= 0.6 is 11.6 Å². The monoisotopic (exact) mass is 360 g/mol. The van der Waals surface area contributed by atoms with E-state index in [1.165, 1.54) is 19.1 Å². The minimum Gasteiger partial charge on any atom is -0.295 e. The number of nitro groups is 1. The second-order valence-corrected chi connectivity index (χ2v) is 5.73. The molecule has 0 aliphatic heterocycles. The van der Waals surface area contributed by atoms with Gasteiger partial charge in [-0.15, -0.1) is 0 Å². The van der Waals surface area contributed by atoms with E-state index >= 15 is 0 Å². The first-order chi connectivity index (χ1) is 11.9. The average molecular weight is 361 g/mol. The van der Waals surface area contributed by atoms with E-state index in [4.69, 9.17) is 11.6 Å². The number of hydrogen-bond acceptors (Lipinski definition) is 5. The number of non-ortho nitro benzene ring substituents is 1. The highest BCUT2D eigenvalue weighted by Crippen LogP contribution is 2.20. The summed E-state index contributed by atoms with van der Waals surface area (Å²) < 4.78 is 0. The minimum absolute atomic E-state index is 0.0657. The Morgan fingerprint density at radius 3 is 2.56 bits per heavy atom. The highest BCUT2D eigenvalue weighted by Gasteiger charge is 2.10. The van der Waals surface area contributed by atoms with Gasteiger partial charge in [0.05, 0.1) is 4.92 Å². The molecule has 1 aromatic carbocycles. The van der Waals surface area contributed by atoms with Crippen LogP contribution in [-0.4, -0.2) is 20.8 Å². The van der Waals surface area contributed by atoms with Gasteiger partial charge in [0.15, 0.2) is 0 Å². The van der Waals surface area contributed by atoms with Crippen molar-refractivity contribution >= 4 is 35.2 Å². The van der Waals surface area contributed by atoms with E-state index in [0.29, 0.717) is 23.7 Å². The lowest BCUT2D eigenvalue weighted by molar-refractivity contribution is -0.384. The molecule has 0 aliphatic carbocycles. The second-order valence-electron chi connectivity index (χ2n) is 5.37. The van der Waals surface area contributed by atoms with E-state index in [9.17, 15) is 14.9 Å². The van der Waals surface area contributed by atoms with Crippen LogP contribution < -0.4 is 5.32 Å². The Hall–Kier alpha value is -2.80. The number of amides is 1. The molecule has 25 heavy (non-hydrogen) atoms. The molecule has 8 heteroatoms. The van der Waals surface area contributed by atoms with Crippen molar-refractivity contribution in [3.63, 3.8) is 0 Å². The van der Waals surface area contributed by atoms with Crippen LogP contribution in [0.1, 0.15) is 30.2 Å². The van der Waals surface area contributed by atoms with Crippen molar-refractivity contribution < 1.29 is 9.72 Å². The normalized spacial score (nSPS) is 10.8. The van der Waals surface area contributed by atoms with E-state index in [2.05, 4.69) is 15.3 Å². The summed E-state index contributed by atoms with van der Waals surface area (Å²) in [4.78, 5) is 29.5. The van der Waals surface area contributed by atoms with E-state index < -0.39 is 4.92 Å². The third kappa shape index (κ3) is 5.36. The lowest BCUT2D eigenvalue weighted by Gasteiger charge is -2.08. The molecule has 0 atom stereocenters. The quantitative estimate of drug-likeness (QED) is 0.477. The summed E-state index contributed by atoms with van der Waals surface area (Å²) in [6, 6.07) is 6.32. The molecule has 0 unspecified atom stereocenters. The van der Waals surface area contributed by atoms with Crippen LogP contribution in [0.3, 0.4) is 0 Å². The van der Waals surface area contributed by atoms with Gasteiger partial charge in [0.2, 0.25) is 11.9 Å². The standard InChI is InChI=1S/C17H17ClN4O3/c1-11-15(16(18)21-17(19-11)20-12(2)23)6-4-3-5-13-7-9-14(10-8-13)22(24)25/h3,5,7-10H,4,6H2,1-2H3,(H,19,20,21,23)/b5-3+. The Labute approximate surface area is 149 Å². The highest BCUT2D eigenvalue weighted by atomic mass is 35.5. The summed E-state index contributed by atoms with van der Waals surface area (Å²) in [5, 5.41) is 13.4. The zero-order chi connectivity index (χ0) is 18.4. The van der Waals surface area contributed by atoms with Gasteiger partial charge in [-0.3, -0.25) is 20.2 Å². The summed E-state index contributed by atoms with van der Waals surface area (Å²) in [6.45, 7) is 3.19. The number of nitro benzene ring substituents is 1. The van der Waals surface area contributed by atoms with Crippen molar-refractivity contribution in [2.24, 2.45) is 0 Å². The average Bonchev–Trinajstić information content (AvgIpc) is 2.53. The van der Waals surface area contributed by atoms with Gasteiger partial charge in [-0.25, -0.2) is 9.97 Å². The Bertz CT molecular complexity index is 796. The molecule has 0 spiro atoms. The topological polar surface area (TPSA) is 98.0 Å². The molecule has 2 rings (SSSR count). The number of aryl methyl sites for hydroxylation is 1. The lowest BCUT2D eigenvalue weighted by Crippen LogP contribution is -2.11. The van der Waals surface area contributed by atoms with Crippen LogP contribution in [0.15, 0.2) is 30.3 Å². The van der Waals surface area contributed by atoms with Crippen molar-refractivity contribution in [3.05, 3.63) is 62.4 Å². The van der Waals surface area contributed by atoms with E-state index in [1.807, 2.05) is 19.1 Å². The van der Waals surface area contributed by atoms with Gasteiger partial charge in [0.1, 0.15) is 5.15 Å². The summed E-state index contributed by atoms with van der Waals surface area (Å²) in [6.07, 6.45) is 5.20. The number of allylic oxidation sites excluding steroid dienone is 1. The predicted octanol–water partition coefficient (Wildman–Crippen LogP) is 3.95. The van der Waals surface area contributed by atoms with Gasteiger partial charge in [-0.2, -0.15) is 0 Å². The fourth-order valence-corrected chi connectivity index (χ4v) is 2.52. The van der Waals surface area contributed by atoms with Gasteiger partial charge < -0.3 is 0 Å². The van der Waals surface area contributed by atoms with E-state index in [0.717, 1.165) is 11.1 Å². The largest absolute Gasteiger partial charge is 0.295 e. The number of benzene rings is 1. The third-order valence-corrected chi connectivity index (χ3v) is 3.74.